The highest BCUT2D eigenvalue weighted by atomic mass is 16.3. The van der Waals surface area contributed by atoms with Crippen LogP contribution in [0.1, 0.15) is 0 Å². The fourth-order valence-electron chi connectivity index (χ4n) is 6.69. The molecule has 0 unspecified atom stereocenters. The lowest BCUT2D eigenvalue weighted by atomic mass is 9.93. The molecule has 1 aliphatic carbocycles. The molecule has 1 aliphatic rings. The maximum Gasteiger partial charge on any atom is 0.135 e. The van der Waals surface area contributed by atoms with Crippen molar-refractivity contribution in [1.29, 1.82) is 0 Å². The minimum Gasteiger partial charge on any atom is -0.456 e. The van der Waals surface area contributed by atoms with Gasteiger partial charge in [-0.25, -0.2) is 0 Å². The molecular weight excluding hydrogens is 496 g/mol. The largest absolute Gasteiger partial charge is 0.456 e. The molecule has 9 rings (SSSR count). The van der Waals surface area contributed by atoms with Gasteiger partial charge >= 0.3 is 0 Å². The van der Waals surface area contributed by atoms with Crippen molar-refractivity contribution in [2.45, 2.75) is 0 Å². The van der Waals surface area contributed by atoms with Crippen LogP contribution in [0.2, 0.25) is 0 Å². The van der Waals surface area contributed by atoms with Crippen LogP contribution < -0.4 is 0 Å². The van der Waals surface area contributed by atoms with Crippen molar-refractivity contribution in [2.24, 2.45) is 0 Å². The van der Waals surface area contributed by atoms with Crippen LogP contribution in [0.3, 0.4) is 0 Å². The second kappa shape index (κ2) is 8.55. The number of benzene rings is 7. The Hall–Kier alpha value is -5.40. The van der Waals surface area contributed by atoms with Gasteiger partial charge in [0, 0.05) is 10.8 Å². The molecule has 0 fully saturated rings. The molecule has 0 aliphatic heterocycles. The van der Waals surface area contributed by atoms with Crippen molar-refractivity contribution in [1.82, 2.24) is 0 Å². The van der Waals surface area contributed by atoms with Gasteiger partial charge in [-0.1, -0.05) is 115 Å². The monoisotopic (exact) mass is 520 g/mol. The molecule has 0 spiro atoms. The van der Waals surface area contributed by atoms with Gasteiger partial charge in [-0.2, -0.15) is 0 Å². The molecule has 8 aromatic rings. The maximum absolute atomic E-state index is 6.31. The molecule has 41 heavy (non-hydrogen) atoms. The first-order chi connectivity index (χ1) is 20.3. The standard InChI is InChI=1S/C40H24O/c1-2-8-25(9-3-1)26-10-6-11-27(22-26)28-16-20-38-36(23-28)37-24-29(17-21-39(37)41-38)30-18-19-35-32-13-5-4-12-31(32)34-15-7-14-33(30)40(34)35/h1-24H. The van der Waals surface area contributed by atoms with Gasteiger partial charge < -0.3 is 4.42 Å². The Morgan fingerprint density at radius 3 is 1.61 bits per heavy atom. The van der Waals surface area contributed by atoms with E-state index < -0.39 is 0 Å². The fraction of sp³-hybridized carbons (Fsp3) is 0. The first kappa shape index (κ1) is 22.4. The summed E-state index contributed by atoms with van der Waals surface area (Å²) in [6.45, 7) is 0. The van der Waals surface area contributed by atoms with Crippen molar-refractivity contribution >= 4 is 32.7 Å². The number of rotatable bonds is 3. The molecule has 0 saturated heterocycles. The minimum atomic E-state index is 0.913. The molecule has 0 saturated carbocycles. The summed E-state index contributed by atoms with van der Waals surface area (Å²) in [6.07, 6.45) is 0. The molecule has 1 heterocycles. The molecule has 1 aromatic heterocycles. The summed E-state index contributed by atoms with van der Waals surface area (Å²) in [5.74, 6) is 0. The molecule has 0 N–H and O–H groups in total. The van der Waals surface area contributed by atoms with Gasteiger partial charge in [0.1, 0.15) is 11.2 Å². The molecule has 0 atom stereocenters. The topological polar surface area (TPSA) is 13.1 Å². The summed E-state index contributed by atoms with van der Waals surface area (Å²) in [4.78, 5) is 0. The molecule has 0 bridgehead atoms. The van der Waals surface area contributed by atoms with E-state index in [1.807, 2.05) is 0 Å². The molecular formula is C40H24O. The Bertz CT molecular complexity index is 2270. The zero-order valence-corrected chi connectivity index (χ0v) is 22.3. The van der Waals surface area contributed by atoms with Crippen molar-refractivity contribution < 1.29 is 4.42 Å². The third kappa shape index (κ3) is 3.36. The van der Waals surface area contributed by atoms with Gasteiger partial charge in [0.25, 0.3) is 0 Å². The van der Waals surface area contributed by atoms with Gasteiger partial charge in [0.2, 0.25) is 0 Å². The van der Waals surface area contributed by atoms with E-state index in [0.29, 0.717) is 0 Å². The number of furan rings is 1. The summed E-state index contributed by atoms with van der Waals surface area (Å²) in [6, 6.07) is 52.5. The van der Waals surface area contributed by atoms with E-state index >= 15 is 0 Å². The minimum absolute atomic E-state index is 0.913. The van der Waals surface area contributed by atoms with Crippen LogP contribution >= 0.6 is 0 Å². The van der Waals surface area contributed by atoms with Crippen molar-refractivity contribution in [2.75, 3.05) is 0 Å². The van der Waals surface area contributed by atoms with E-state index in [-0.39, 0.29) is 0 Å². The van der Waals surface area contributed by atoms with Crippen molar-refractivity contribution in [3.63, 3.8) is 0 Å². The second-order valence-electron chi connectivity index (χ2n) is 10.9. The van der Waals surface area contributed by atoms with Gasteiger partial charge in [-0.05, 0) is 96.7 Å². The highest BCUT2D eigenvalue weighted by Crippen LogP contribution is 2.49. The van der Waals surface area contributed by atoms with Crippen molar-refractivity contribution in [3.8, 4) is 55.6 Å². The van der Waals surface area contributed by atoms with E-state index in [1.54, 1.807) is 0 Å². The lowest BCUT2D eigenvalue weighted by Crippen LogP contribution is -1.84. The van der Waals surface area contributed by atoms with E-state index in [2.05, 4.69) is 146 Å². The molecule has 1 nitrogen and oxygen atoms in total. The summed E-state index contributed by atoms with van der Waals surface area (Å²) >= 11 is 0. The predicted octanol–water partition coefficient (Wildman–Crippen LogP) is 11.4. The van der Waals surface area contributed by atoms with Gasteiger partial charge in [-0.3, -0.25) is 0 Å². The average molecular weight is 521 g/mol. The lowest BCUT2D eigenvalue weighted by Gasteiger charge is -2.10. The van der Waals surface area contributed by atoms with Gasteiger partial charge in [0.05, 0.1) is 0 Å². The van der Waals surface area contributed by atoms with Crippen molar-refractivity contribution in [3.05, 3.63) is 146 Å². The van der Waals surface area contributed by atoms with Crippen LogP contribution in [-0.4, -0.2) is 0 Å². The summed E-state index contributed by atoms with van der Waals surface area (Å²) < 4.78 is 6.31. The first-order valence-electron chi connectivity index (χ1n) is 14.1. The average Bonchev–Trinajstić information content (AvgIpc) is 3.58. The third-order valence-electron chi connectivity index (χ3n) is 8.63. The zero-order chi connectivity index (χ0) is 26.9. The number of hydrogen-bond acceptors (Lipinski definition) is 1. The molecule has 1 heteroatoms. The number of hydrogen-bond donors (Lipinski definition) is 0. The van der Waals surface area contributed by atoms with Crippen LogP contribution in [-0.2, 0) is 0 Å². The highest BCUT2D eigenvalue weighted by molar-refractivity contribution is 6.19. The van der Waals surface area contributed by atoms with E-state index in [1.165, 1.54) is 66.4 Å². The van der Waals surface area contributed by atoms with Crippen LogP contribution in [0.25, 0.3) is 88.3 Å². The van der Waals surface area contributed by atoms with E-state index in [0.717, 1.165) is 21.9 Å². The van der Waals surface area contributed by atoms with Crippen LogP contribution in [0.15, 0.2) is 150 Å². The smallest absolute Gasteiger partial charge is 0.135 e. The highest BCUT2D eigenvalue weighted by Gasteiger charge is 2.22. The van der Waals surface area contributed by atoms with Crippen LogP contribution in [0.4, 0.5) is 0 Å². The summed E-state index contributed by atoms with van der Waals surface area (Å²) in [7, 11) is 0. The zero-order valence-electron chi connectivity index (χ0n) is 22.3. The first-order valence-corrected chi connectivity index (χ1v) is 14.1. The third-order valence-corrected chi connectivity index (χ3v) is 8.63. The van der Waals surface area contributed by atoms with Crippen LogP contribution in [0, 0.1) is 0 Å². The Morgan fingerprint density at radius 1 is 0.293 bits per heavy atom. The molecule has 0 radical (unpaired) electrons. The second-order valence-corrected chi connectivity index (χ2v) is 10.9. The van der Waals surface area contributed by atoms with Gasteiger partial charge in [-0.15, -0.1) is 0 Å². The molecule has 0 amide bonds. The maximum atomic E-state index is 6.31. The fourth-order valence-corrected chi connectivity index (χ4v) is 6.69. The Kier molecular flexibility index (Phi) is 4.67. The number of fused-ring (bicyclic) bond motifs is 6. The Labute approximate surface area is 237 Å². The quantitative estimate of drug-likeness (QED) is 0.226. The Morgan fingerprint density at radius 2 is 0.829 bits per heavy atom. The SMILES string of the molecule is c1ccc(-c2cccc(-c3ccc4oc5ccc(-c6ccc7c8c(cccc68)-c6ccccc6-7)cc5c4c3)c2)cc1. The molecule has 190 valence electrons. The Balaban J connectivity index is 1.20. The van der Waals surface area contributed by atoms with E-state index in [9.17, 15) is 0 Å². The predicted molar refractivity (Wildman–Crippen MR) is 172 cm³/mol. The normalized spacial score (nSPS) is 11.9. The van der Waals surface area contributed by atoms with Crippen LogP contribution in [0.5, 0.6) is 0 Å². The summed E-state index contributed by atoms with van der Waals surface area (Å²) in [5.41, 5.74) is 14.4. The lowest BCUT2D eigenvalue weighted by molar-refractivity contribution is 0.669. The molecule has 7 aromatic carbocycles. The summed E-state index contributed by atoms with van der Waals surface area (Å²) in [5, 5.41) is 4.93. The van der Waals surface area contributed by atoms with E-state index in [4.69, 9.17) is 4.42 Å². The van der Waals surface area contributed by atoms with Gasteiger partial charge in [0.15, 0.2) is 0 Å².